The molecule has 5 heteroatoms. The first kappa shape index (κ1) is 12.6. The Kier molecular flexibility index (Phi) is 3.03. The Balaban J connectivity index is 1.99. The number of benzene rings is 1. The minimum absolute atomic E-state index is 0.234. The van der Waals surface area contributed by atoms with E-state index in [0.29, 0.717) is 24.3 Å². The summed E-state index contributed by atoms with van der Waals surface area (Å²) in [5, 5.41) is 9.64. The Labute approximate surface area is 112 Å². The van der Waals surface area contributed by atoms with Crippen LogP contribution < -0.4 is 19.9 Å². The number of aliphatic hydroxyl groups excluding tert-OH is 1. The third-order valence-electron chi connectivity index (χ3n) is 4.08. The number of hydrogen-bond donors (Lipinski definition) is 2. The van der Waals surface area contributed by atoms with Gasteiger partial charge >= 0.3 is 0 Å². The summed E-state index contributed by atoms with van der Waals surface area (Å²) in [6.07, 6.45) is 2.67. The van der Waals surface area contributed by atoms with E-state index in [1.54, 1.807) is 7.11 Å². The van der Waals surface area contributed by atoms with Gasteiger partial charge in [-0.05, 0) is 31.7 Å². The van der Waals surface area contributed by atoms with Crippen molar-refractivity contribution < 1.29 is 19.3 Å². The molecule has 3 rings (SSSR count). The molecule has 0 spiro atoms. The fourth-order valence-electron chi connectivity index (χ4n) is 2.87. The molecule has 19 heavy (non-hydrogen) atoms. The van der Waals surface area contributed by atoms with Gasteiger partial charge < -0.3 is 25.1 Å². The zero-order valence-electron chi connectivity index (χ0n) is 11.0. The summed E-state index contributed by atoms with van der Waals surface area (Å²) in [7, 11) is 1.63. The molecule has 1 aromatic carbocycles. The first-order valence-electron chi connectivity index (χ1n) is 6.57. The molecule has 1 aliphatic heterocycles. The second-order valence-electron chi connectivity index (χ2n) is 5.29. The lowest BCUT2D eigenvalue weighted by atomic mass is 9.76. The molecule has 0 unspecified atom stereocenters. The van der Waals surface area contributed by atoms with Crippen molar-refractivity contribution in [2.24, 2.45) is 5.73 Å². The summed E-state index contributed by atoms with van der Waals surface area (Å²) in [4.78, 5) is 0. The predicted octanol–water partition coefficient (Wildman–Crippen LogP) is 1.51. The molecule has 0 amide bonds. The standard InChI is InChI=1S/C14H19NO4/c1-17-11-7-13-12(18-8-19-13)6-10(11)14(15)4-2-9(16)3-5-14/h6-7,9,16H,2-5,8,15H2,1H3. The van der Waals surface area contributed by atoms with Gasteiger partial charge in [0.2, 0.25) is 6.79 Å². The van der Waals surface area contributed by atoms with Gasteiger partial charge in [0.1, 0.15) is 5.75 Å². The van der Waals surface area contributed by atoms with Crippen molar-refractivity contribution in [3.8, 4) is 17.2 Å². The number of aliphatic hydroxyl groups is 1. The normalized spacial score (nSPS) is 29.3. The van der Waals surface area contributed by atoms with Crippen LogP contribution in [0.1, 0.15) is 31.2 Å². The van der Waals surface area contributed by atoms with E-state index in [2.05, 4.69) is 0 Å². The molecule has 1 fully saturated rings. The summed E-state index contributed by atoms with van der Waals surface area (Å²) >= 11 is 0. The molecule has 2 aliphatic rings. The molecule has 104 valence electrons. The van der Waals surface area contributed by atoms with Crippen molar-refractivity contribution in [2.75, 3.05) is 13.9 Å². The molecule has 0 saturated heterocycles. The van der Waals surface area contributed by atoms with Crippen LogP contribution in [0.25, 0.3) is 0 Å². The van der Waals surface area contributed by atoms with E-state index in [1.807, 2.05) is 12.1 Å². The summed E-state index contributed by atoms with van der Waals surface area (Å²) in [6.45, 7) is 0.234. The molecule has 0 bridgehead atoms. The van der Waals surface area contributed by atoms with E-state index >= 15 is 0 Å². The van der Waals surface area contributed by atoms with Crippen LogP contribution in [-0.4, -0.2) is 25.1 Å². The first-order valence-corrected chi connectivity index (χ1v) is 6.57. The van der Waals surface area contributed by atoms with E-state index in [0.717, 1.165) is 24.2 Å². The highest BCUT2D eigenvalue weighted by Gasteiger charge is 2.36. The number of hydrogen-bond acceptors (Lipinski definition) is 5. The lowest BCUT2D eigenvalue weighted by molar-refractivity contribution is 0.0959. The minimum Gasteiger partial charge on any atom is -0.496 e. The van der Waals surface area contributed by atoms with E-state index in [1.165, 1.54) is 0 Å². The third kappa shape index (κ3) is 2.13. The van der Waals surface area contributed by atoms with Crippen LogP contribution in [0, 0.1) is 0 Å². The SMILES string of the molecule is COc1cc2c(cc1C1(N)CCC(O)CC1)OCO2. The molecular formula is C14H19NO4. The summed E-state index contributed by atoms with van der Waals surface area (Å²) < 4.78 is 16.2. The lowest BCUT2D eigenvalue weighted by Gasteiger charge is -2.36. The van der Waals surface area contributed by atoms with Gasteiger partial charge in [-0.3, -0.25) is 0 Å². The van der Waals surface area contributed by atoms with Crippen molar-refractivity contribution in [3.63, 3.8) is 0 Å². The van der Waals surface area contributed by atoms with E-state index < -0.39 is 5.54 Å². The summed E-state index contributed by atoms with van der Waals surface area (Å²) in [6, 6.07) is 3.75. The lowest BCUT2D eigenvalue weighted by Crippen LogP contribution is -2.41. The van der Waals surface area contributed by atoms with Crippen molar-refractivity contribution >= 4 is 0 Å². The van der Waals surface area contributed by atoms with Crippen molar-refractivity contribution in [1.29, 1.82) is 0 Å². The van der Waals surface area contributed by atoms with Crippen LogP contribution in [-0.2, 0) is 5.54 Å². The fraction of sp³-hybridized carbons (Fsp3) is 0.571. The second-order valence-corrected chi connectivity index (χ2v) is 5.29. The summed E-state index contributed by atoms with van der Waals surface area (Å²) in [5.74, 6) is 2.13. The highest BCUT2D eigenvalue weighted by Crippen LogP contribution is 2.45. The van der Waals surface area contributed by atoms with Crippen molar-refractivity contribution in [2.45, 2.75) is 37.3 Å². The Hall–Kier alpha value is -1.46. The number of fused-ring (bicyclic) bond motifs is 1. The number of methoxy groups -OCH3 is 1. The van der Waals surface area contributed by atoms with Crippen LogP contribution in [0.5, 0.6) is 17.2 Å². The van der Waals surface area contributed by atoms with Gasteiger partial charge in [-0.25, -0.2) is 0 Å². The average molecular weight is 265 g/mol. The third-order valence-corrected chi connectivity index (χ3v) is 4.08. The van der Waals surface area contributed by atoms with Gasteiger partial charge in [-0.15, -0.1) is 0 Å². The van der Waals surface area contributed by atoms with Crippen LogP contribution in [0.3, 0.4) is 0 Å². The Morgan fingerprint density at radius 2 is 1.89 bits per heavy atom. The molecule has 1 heterocycles. The highest BCUT2D eigenvalue weighted by molar-refractivity contribution is 5.54. The molecule has 0 radical (unpaired) electrons. The molecule has 3 N–H and O–H groups in total. The van der Waals surface area contributed by atoms with Gasteiger partial charge in [-0.1, -0.05) is 0 Å². The van der Waals surface area contributed by atoms with Crippen molar-refractivity contribution in [3.05, 3.63) is 17.7 Å². The topological polar surface area (TPSA) is 73.9 Å². The zero-order valence-corrected chi connectivity index (χ0v) is 11.0. The minimum atomic E-state index is -0.467. The summed E-state index contributed by atoms with van der Waals surface area (Å²) in [5.41, 5.74) is 7.00. The Morgan fingerprint density at radius 3 is 2.53 bits per heavy atom. The molecule has 1 saturated carbocycles. The Bertz CT molecular complexity index is 481. The predicted molar refractivity (Wildman–Crippen MR) is 69.5 cm³/mol. The molecule has 1 aromatic rings. The smallest absolute Gasteiger partial charge is 0.231 e. The van der Waals surface area contributed by atoms with Crippen LogP contribution in [0.2, 0.25) is 0 Å². The largest absolute Gasteiger partial charge is 0.496 e. The number of rotatable bonds is 2. The van der Waals surface area contributed by atoms with Gasteiger partial charge in [0.05, 0.1) is 13.2 Å². The molecule has 0 atom stereocenters. The van der Waals surface area contributed by atoms with Gasteiger partial charge in [0.25, 0.3) is 0 Å². The first-order chi connectivity index (χ1) is 9.12. The zero-order chi connectivity index (χ0) is 13.5. The number of ether oxygens (including phenoxy) is 3. The van der Waals surface area contributed by atoms with Gasteiger partial charge in [-0.2, -0.15) is 0 Å². The van der Waals surface area contributed by atoms with E-state index in [-0.39, 0.29) is 12.9 Å². The quantitative estimate of drug-likeness (QED) is 0.848. The molecule has 5 nitrogen and oxygen atoms in total. The Morgan fingerprint density at radius 1 is 1.26 bits per heavy atom. The average Bonchev–Trinajstić information content (AvgIpc) is 2.88. The fourth-order valence-corrected chi connectivity index (χ4v) is 2.87. The van der Waals surface area contributed by atoms with E-state index in [4.69, 9.17) is 19.9 Å². The van der Waals surface area contributed by atoms with Crippen molar-refractivity contribution in [1.82, 2.24) is 0 Å². The highest BCUT2D eigenvalue weighted by atomic mass is 16.7. The van der Waals surface area contributed by atoms with E-state index in [9.17, 15) is 5.11 Å². The maximum Gasteiger partial charge on any atom is 0.231 e. The number of nitrogens with two attached hydrogens (primary N) is 1. The molecule has 1 aliphatic carbocycles. The van der Waals surface area contributed by atoms with Crippen LogP contribution in [0.4, 0.5) is 0 Å². The molecule has 0 aromatic heterocycles. The maximum atomic E-state index is 9.64. The monoisotopic (exact) mass is 265 g/mol. The van der Waals surface area contributed by atoms with Gasteiger partial charge in [0.15, 0.2) is 11.5 Å². The maximum absolute atomic E-state index is 9.64. The van der Waals surface area contributed by atoms with Crippen LogP contribution >= 0.6 is 0 Å². The van der Waals surface area contributed by atoms with Gasteiger partial charge in [0, 0.05) is 17.2 Å². The second kappa shape index (κ2) is 4.58. The van der Waals surface area contributed by atoms with Crippen LogP contribution in [0.15, 0.2) is 12.1 Å². The molecular weight excluding hydrogens is 246 g/mol.